The van der Waals surface area contributed by atoms with E-state index >= 15 is 0 Å². The number of benzene rings is 2. The number of ether oxygens (including phenoxy) is 1. The molecule has 0 aliphatic carbocycles. The number of hydrogen-bond acceptors (Lipinski definition) is 4. The predicted octanol–water partition coefficient (Wildman–Crippen LogP) is 2.60. The Balaban J connectivity index is 2.11. The smallest absolute Gasteiger partial charge is 0.178 e. The minimum Gasteiger partial charge on any atom is -0.399 e. The van der Waals surface area contributed by atoms with E-state index in [-0.39, 0.29) is 6.23 Å². The Kier molecular flexibility index (Phi) is 3.35. The molecule has 0 aliphatic rings. The van der Waals surface area contributed by atoms with E-state index in [9.17, 15) is 0 Å². The van der Waals surface area contributed by atoms with Gasteiger partial charge in [-0.25, -0.2) is 4.68 Å². The third kappa shape index (κ3) is 2.23. The molecule has 3 rings (SSSR count). The molecule has 5 nitrogen and oxygen atoms in total. The number of fused-ring (bicyclic) bond motifs is 1. The number of anilines is 1. The molecule has 0 amide bonds. The van der Waals surface area contributed by atoms with Crippen LogP contribution in [0.3, 0.4) is 0 Å². The van der Waals surface area contributed by atoms with Gasteiger partial charge in [-0.1, -0.05) is 29.5 Å². The van der Waals surface area contributed by atoms with Crippen molar-refractivity contribution in [3.63, 3.8) is 0 Å². The number of rotatable bonds is 4. The first-order valence-electron chi connectivity index (χ1n) is 6.56. The number of nitrogen functional groups attached to an aromatic ring is 1. The molecule has 1 unspecified atom stereocenters. The van der Waals surface area contributed by atoms with Crippen molar-refractivity contribution in [3.05, 3.63) is 54.1 Å². The Hall–Kier alpha value is -2.40. The average Bonchev–Trinajstić information content (AvgIpc) is 2.88. The lowest BCUT2D eigenvalue weighted by Gasteiger charge is -2.18. The van der Waals surface area contributed by atoms with Gasteiger partial charge in [-0.05, 0) is 31.2 Å². The van der Waals surface area contributed by atoms with E-state index in [1.54, 1.807) is 4.68 Å². The largest absolute Gasteiger partial charge is 0.399 e. The molecule has 5 heteroatoms. The first-order valence-corrected chi connectivity index (χ1v) is 6.56. The normalized spacial score (nSPS) is 12.7. The molecule has 0 radical (unpaired) electrons. The summed E-state index contributed by atoms with van der Waals surface area (Å²) in [7, 11) is 0. The van der Waals surface area contributed by atoms with Crippen LogP contribution in [0.15, 0.2) is 48.5 Å². The fourth-order valence-electron chi connectivity index (χ4n) is 2.24. The molecule has 102 valence electrons. The number of para-hydroxylation sites is 1. The molecule has 0 aliphatic heterocycles. The van der Waals surface area contributed by atoms with E-state index in [4.69, 9.17) is 10.5 Å². The van der Waals surface area contributed by atoms with Crippen molar-refractivity contribution >= 4 is 16.7 Å². The minimum absolute atomic E-state index is 0.323. The third-order valence-corrected chi connectivity index (χ3v) is 3.12. The topological polar surface area (TPSA) is 66.0 Å². The summed E-state index contributed by atoms with van der Waals surface area (Å²) in [6.45, 7) is 2.53. The number of aromatic nitrogens is 3. The summed E-state index contributed by atoms with van der Waals surface area (Å²) in [5, 5.41) is 8.39. The van der Waals surface area contributed by atoms with E-state index in [0.29, 0.717) is 12.3 Å². The monoisotopic (exact) mass is 268 g/mol. The van der Waals surface area contributed by atoms with Gasteiger partial charge in [-0.3, -0.25) is 0 Å². The van der Waals surface area contributed by atoms with Gasteiger partial charge in [0.1, 0.15) is 5.52 Å². The fourth-order valence-corrected chi connectivity index (χ4v) is 2.24. The van der Waals surface area contributed by atoms with Crippen LogP contribution in [-0.4, -0.2) is 21.6 Å². The maximum Gasteiger partial charge on any atom is 0.178 e. The van der Waals surface area contributed by atoms with Crippen molar-refractivity contribution in [1.82, 2.24) is 15.0 Å². The van der Waals surface area contributed by atoms with Gasteiger partial charge in [0.25, 0.3) is 0 Å². The first kappa shape index (κ1) is 12.6. The van der Waals surface area contributed by atoms with Gasteiger partial charge < -0.3 is 10.5 Å². The highest BCUT2D eigenvalue weighted by molar-refractivity contribution is 5.74. The zero-order valence-electron chi connectivity index (χ0n) is 11.2. The highest BCUT2D eigenvalue weighted by Crippen LogP contribution is 2.24. The van der Waals surface area contributed by atoms with Gasteiger partial charge in [0.15, 0.2) is 6.23 Å². The Morgan fingerprint density at radius 1 is 1.20 bits per heavy atom. The van der Waals surface area contributed by atoms with Crippen LogP contribution in [0.5, 0.6) is 0 Å². The Bertz CT molecular complexity index is 722. The molecule has 2 N–H and O–H groups in total. The third-order valence-electron chi connectivity index (χ3n) is 3.12. The number of hydrogen-bond donors (Lipinski definition) is 1. The maximum atomic E-state index is 5.86. The summed E-state index contributed by atoms with van der Waals surface area (Å²) < 4.78 is 7.63. The number of nitrogens with zero attached hydrogens (tertiary/aromatic N) is 3. The highest BCUT2D eigenvalue weighted by atomic mass is 16.5. The summed E-state index contributed by atoms with van der Waals surface area (Å²) in [5.41, 5.74) is 9.31. The molecular formula is C15H16N4O. The van der Waals surface area contributed by atoms with Gasteiger partial charge in [0.2, 0.25) is 0 Å². The maximum absolute atomic E-state index is 5.86. The van der Waals surface area contributed by atoms with Crippen molar-refractivity contribution < 1.29 is 4.74 Å². The van der Waals surface area contributed by atoms with Crippen LogP contribution in [0, 0.1) is 0 Å². The molecule has 0 saturated carbocycles. The van der Waals surface area contributed by atoms with E-state index in [2.05, 4.69) is 10.3 Å². The van der Waals surface area contributed by atoms with Crippen LogP contribution in [-0.2, 0) is 4.74 Å². The van der Waals surface area contributed by atoms with Crippen LogP contribution in [0.25, 0.3) is 11.0 Å². The van der Waals surface area contributed by atoms with E-state index in [0.717, 1.165) is 16.6 Å². The molecule has 0 bridgehead atoms. The van der Waals surface area contributed by atoms with Crippen molar-refractivity contribution in [2.45, 2.75) is 13.2 Å². The van der Waals surface area contributed by atoms with E-state index in [1.165, 1.54) is 0 Å². The van der Waals surface area contributed by atoms with Crippen molar-refractivity contribution in [3.8, 4) is 0 Å². The van der Waals surface area contributed by atoms with Crippen molar-refractivity contribution in [2.24, 2.45) is 0 Å². The number of nitrogens with two attached hydrogens (primary N) is 1. The van der Waals surface area contributed by atoms with Crippen LogP contribution in [0.1, 0.15) is 18.7 Å². The van der Waals surface area contributed by atoms with Gasteiger partial charge in [-0.2, -0.15) is 0 Å². The summed E-state index contributed by atoms with van der Waals surface area (Å²) in [6.07, 6.45) is -0.323. The molecule has 0 saturated heterocycles. The van der Waals surface area contributed by atoms with Crippen LogP contribution in [0.4, 0.5) is 5.69 Å². The first-order chi connectivity index (χ1) is 9.79. The van der Waals surface area contributed by atoms with Gasteiger partial charge in [-0.15, -0.1) is 5.10 Å². The SMILES string of the molecule is CCOC(c1cccc(N)c1)n1nnc2ccccc21. The average molecular weight is 268 g/mol. The van der Waals surface area contributed by atoms with Crippen molar-refractivity contribution in [2.75, 3.05) is 12.3 Å². The molecule has 1 atom stereocenters. The van der Waals surface area contributed by atoms with Gasteiger partial charge >= 0.3 is 0 Å². The molecular weight excluding hydrogens is 252 g/mol. The molecule has 0 spiro atoms. The standard InChI is InChI=1S/C15H16N4O/c1-2-20-15(11-6-5-7-12(16)10-11)19-14-9-4-3-8-13(14)17-18-19/h3-10,15H,2,16H2,1H3. The Labute approximate surface area is 117 Å². The molecule has 1 aromatic heterocycles. The Morgan fingerprint density at radius 3 is 2.85 bits per heavy atom. The zero-order chi connectivity index (χ0) is 13.9. The zero-order valence-corrected chi connectivity index (χ0v) is 11.2. The second kappa shape index (κ2) is 5.30. The van der Waals surface area contributed by atoms with Crippen LogP contribution < -0.4 is 5.73 Å². The summed E-state index contributed by atoms with van der Waals surface area (Å²) in [4.78, 5) is 0. The second-order valence-corrected chi connectivity index (χ2v) is 4.50. The van der Waals surface area contributed by atoms with Crippen LogP contribution >= 0.6 is 0 Å². The van der Waals surface area contributed by atoms with Gasteiger partial charge in [0, 0.05) is 17.9 Å². The fraction of sp³-hybridized carbons (Fsp3) is 0.200. The summed E-state index contributed by atoms with van der Waals surface area (Å²) >= 11 is 0. The lowest BCUT2D eigenvalue weighted by Crippen LogP contribution is -2.16. The Morgan fingerprint density at radius 2 is 2.05 bits per heavy atom. The minimum atomic E-state index is -0.323. The van der Waals surface area contributed by atoms with Crippen LogP contribution in [0.2, 0.25) is 0 Å². The quantitative estimate of drug-likeness (QED) is 0.739. The molecule has 1 heterocycles. The second-order valence-electron chi connectivity index (χ2n) is 4.50. The highest BCUT2D eigenvalue weighted by Gasteiger charge is 2.18. The van der Waals surface area contributed by atoms with Gasteiger partial charge in [0.05, 0.1) is 5.52 Å². The predicted molar refractivity (Wildman–Crippen MR) is 78.1 cm³/mol. The van der Waals surface area contributed by atoms with E-state index < -0.39 is 0 Å². The molecule has 0 fully saturated rings. The molecule has 2 aromatic carbocycles. The summed E-state index contributed by atoms with van der Waals surface area (Å²) in [5.74, 6) is 0. The lowest BCUT2D eigenvalue weighted by molar-refractivity contribution is 0.0341. The molecule has 3 aromatic rings. The molecule has 20 heavy (non-hydrogen) atoms. The van der Waals surface area contributed by atoms with Crippen molar-refractivity contribution in [1.29, 1.82) is 0 Å². The lowest BCUT2D eigenvalue weighted by atomic mass is 10.1. The summed E-state index contributed by atoms with van der Waals surface area (Å²) in [6, 6.07) is 15.5. The van der Waals surface area contributed by atoms with E-state index in [1.807, 2.05) is 55.5 Å².